The lowest BCUT2D eigenvalue weighted by Gasteiger charge is -2.20. The minimum atomic E-state index is -0.287. The lowest BCUT2D eigenvalue weighted by atomic mass is 10.1. The first-order valence-corrected chi connectivity index (χ1v) is 5.51. The molecule has 2 atom stereocenters. The molecule has 1 heterocycles. The van der Waals surface area contributed by atoms with Gasteiger partial charge in [0.05, 0.1) is 25.3 Å². The van der Waals surface area contributed by atoms with E-state index in [-0.39, 0.29) is 30.4 Å². The highest BCUT2D eigenvalue weighted by molar-refractivity contribution is 5.82. The molecule has 92 valence electrons. The summed E-state index contributed by atoms with van der Waals surface area (Å²) in [5.74, 6) is -0.214. The van der Waals surface area contributed by atoms with Crippen molar-refractivity contribution >= 4 is 11.8 Å². The van der Waals surface area contributed by atoms with Crippen LogP contribution in [0.5, 0.6) is 0 Å². The van der Waals surface area contributed by atoms with E-state index in [1.807, 2.05) is 4.90 Å². The number of hydrogen-bond donors (Lipinski definition) is 0. The zero-order valence-electron chi connectivity index (χ0n) is 10.1. The first kappa shape index (κ1) is 13.1. The van der Waals surface area contributed by atoms with E-state index in [9.17, 15) is 9.59 Å². The first-order chi connectivity index (χ1) is 7.58. The van der Waals surface area contributed by atoms with Crippen molar-refractivity contribution in [2.45, 2.75) is 32.4 Å². The molecule has 0 aromatic rings. The Balaban J connectivity index is 2.55. The van der Waals surface area contributed by atoms with Crippen molar-refractivity contribution in [3.05, 3.63) is 0 Å². The quantitative estimate of drug-likeness (QED) is 0.632. The molecule has 0 aromatic heterocycles. The van der Waals surface area contributed by atoms with Gasteiger partial charge in [0.25, 0.3) is 0 Å². The summed E-state index contributed by atoms with van der Waals surface area (Å²) in [4.78, 5) is 24.6. The van der Waals surface area contributed by atoms with Crippen LogP contribution in [0.15, 0.2) is 0 Å². The number of esters is 1. The molecule has 1 saturated heterocycles. The van der Waals surface area contributed by atoms with Crippen LogP contribution in [0.3, 0.4) is 0 Å². The molecule has 0 spiro atoms. The molecule has 5 nitrogen and oxygen atoms in total. The molecule has 1 unspecified atom stereocenters. The molecular weight excluding hydrogens is 210 g/mol. The standard InChI is InChI=1S/C11H19NO4/c1-4-16-11(14)7-12-6-9(15-3)5-10(12)8(2)13/h9-10H,4-7H2,1-3H3/t9?,10-/m1/s1. The fourth-order valence-corrected chi connectivity index (χ4v) is 2.00. The summed E-state index contributed by atoms with van der Waals surface area (Å²) in [6, 6.07) is -0.214. The number of carbonyl (C=O) groups excluding carboxylic acids is 2. The van der Waals surface area contributed by atoms with Crippen LogP contribution in [0.25, 0.3) is 0 Å². The third kappa shape index (κ3) is 3.28. The van der Waals surface area contributed by atoms with Crippen molar-refractivity contribution in [2.75, 3.05) is 26.8 Å². The van der Waals surface area contributed by atoms with E-state index in [1.165, 1.54) is 0 Å². The van der Waals surface area contributed by atoms with E-state index in [4.69, 9.17) is 9.47 Å². The Kier molecular flexibility index (Phi) is 4.89. The predicted molar refractivity (Wildman–Crippen MR) is 58.1 cm³/mol. The molecule has 0 saturated carbocycles. The largest absolute Gasteiger partial charge is 0.465 e. The molecule has 0 aliphatic carbocycles. The van der Waals surface area contributed by atoms with E-state index in [1.54, 1.807) is 21.0 Å². The maximum atomic E-state index is 11.4. The van der Waals surface area contributed by atoms with Crippen molar-refractivity contribution in [1.82, 2.24) is 4.90 Å². The molecule has 1 rings (SSSR count). The lowest BCUT2D eigenvalue weighted by Crippen LogP contribution is -2.39. The number of ether oxygens (including phenoxy) is 2. The summed E-state index contributed by atoms with van der Waals surface area (Å²) < 4.78 is 10.1. The van der Waals surface area contributed by atoms with Gasteiger partial charge in [-0.05, 0) is 20.3 Å². The Morgan fingerprint density at radius 1 is 1.44 bits per heavy atom. The van der Waals surface area contributed by atoms with Crippen molar-refractivity contribution in [1.29, 1.82) is 0 Å². The lowest BCUT2D eigenvalue weighted by molar-refractivity contribution is -0.145. The number of carbonyl (C=O) groups is 2. The summed E-state index contributed by atoms with van der Waals surface area (Å²) in [7, 11) is 1.62. The molecule has 16 heavy (non-hydrogen) atoms. The second-order valence-electron chi connectivity index (χ2n) is 3.95. The zero-order chi connectivity index (χ0) is 12.1. The average molecular weight is 229 g/mol. The number of likely N-dealkylation sites (tertiary alicyclic amines) is 1. The fraction of sp³-hybridized carbons (Fsp3) is 0.818. The van der Waals surface area contributed by atoms with Gasteiger partial charge >= 0.3 is 5.97 Å². The van der Waals surface area contributed by atoms with Gasteiger partial charge in [-0.15, -0.1) is 0 Å². The maximum absolute atomic E-state index is 11.4. The van der Waals surface area contributed by atoms with Gasteiger partial charge in [0.15, 0.2) is 0 Å². The van der Waals surface area contributed by atoms with Crippen molar-refractivity contribution in [3.63, 3.8) is 0 Å². The van der Waals surface area contributed by atoms with Crippen molar-refractivity contribution in [3.8, 4) is 0 Å². The van der Waals surface area contributed by atoms with Crippen molar-refractivity contribution in [2.24, 2.45) is 0 Å². The first-order valence-electron chi connectivity index (χ1n) is 5.51. The minimum Gasteiger partial charge on any atom is -0.465 e. The molecular formula is C11H19NO4. The number of rotatable bonds is 5. The van der Waals surface area contributed by atoms with Crippen LogP contribution in [0.4, 0.5) is 0 Å². The highest BCUT2D eigenvalue weighted by Gasteiger charge is 2.36. The summed E-state index contributed by atoms with van der Waals surface area (Å²) in [5, 5.41) is 0. The van der Waals surface area contributed by atoms with Crippen LogP contribution in [0.2, 0.25) is 0 Å². The SMILES string of the molecule is CCOC(=O)CN1CC(OC)C[C@@H]1C(C)=O. The molecule has 5 heteroatoms. The van der Waals surface area contributed by atoms with Gasteiger partial charge in [0.1, 0.15) is 5.78 Å². The summed E-state index contributed by atoms with van der Waals surface area (Å²) in [6.07, 6.45) is 0.689. The van der Waals surface area contributed by atoms with Gasteiger partial charge in [-0.1, -0.05) is 0 Å². The zero-order valence-corrected chi connectivity index (χ0v) is 10.1. The van der Waals surface area contributed by atoms with E-state index in [0.717, 1.165) is 0 Å². The third-order valence-corrected chi connectivity index (χ3v) is 2.81. The van der Waals surface area contributed by atoms with Gasteiger partial charge in [0, 0.05) is 13.7 Å². The highest BCUT2D eigenvalue weighted by Crippen LogP contribution is 2.20. The van der Waals surface area contributed by atoms with E-state index in [0.29, 0.717) is 19.6 Å². The number of methoxy groups -OCH3 is 1. The number of Topliss-reactive ketones (excluding diaryl/α,β-unsaturated/α-hetero) is 1. The predicted octanol–water partition coefficient (Wildman–Crippen LogP) is 0.228. The Morgan fingerprint density at radius 2 is 2.12 bits per heavy atom. The topological polar surface area (TPSA) is 55.8 Å². The van der Waals surface area contributed by atoms with Crippen LogP contribution < -0.4 is 0 Å². The highest BCUT2D eigenvalue weighted by atomic mass is 16.5. The van der Waals surface area contributed by atoms with E-state index >= 15 is 0 Å². The minimum absolute atomic E-state index is 0.0309. The van der Waals surface area contributed by atoms with Gasteiger partial charge in [-0.3, -0.25) is 14.5 Å². The smallest absolute Gasteiger partial charge is 0.320 e. The maximum Gasteiger partial charge on any atom is 0.320 e. The third-order valence-electron chi connectivity index (χ3n) is 2.81. The summed E-state index contributed by atoms with van der Waals surface area (Å²) in [6.45, 7) is 4.45. The van der Waals surface area contributed by atoms with Gasteiger partial charge in [-0.25, -0.2) is 0 Å². The molecule has 0 bridgehead atoms. The normalized spacial score (nSPS) is 25.7. The summed E-state index contributed by atoms with van der Waals surface area (Å²) in [5.41, 5.74) is 0. The molecule has 1 fully saturated rings. The molecule has 0 radical (unpaired) electrons. The number of nitrogens with zero attached hydrogens (tertiary/aromatic N) is 1. The number of ketones is 1. The number of hydrogen-bond acceptors (Lipinski definition) is 5. The van der Waals surface area contributed by atoms with Crippen LogP contribution >= 0.6 is 0 Å². The average Bonchev–Trinajstić information content (AvgIpc) is 2.61. The van der Waals surface area contributed by atoms with Crippen molar-refractivity contribution < 1.29 is 19.1 Å². The Hall–Kier alpha value is -0.940. The molecule has 1 aliphatic heterocycles. The van der Waals surface area contributed by atoms with Gasteiger partial charge < -0.3 is 9.47 Å². The Morgan fingerprint density at radius 3 is 2.62 bits per heavy atom. The Labute approximate surface area is 95.7 Å². The van der Waals surface area contributed by atoms with Crippen LogP contribution in [-0.4, -0.2) is 55.6 Å². The second-order valence-corrected chi connectivity index (χ2v) is 3.95. The monoisotopic (exact) mass is 229 g/mol. The molecule has 0 N–H and O–H groups in total. The van der Waals surface area contributed by atoms with Crippen LogP contribution in [0, 0.1) is 0 Å². The summed E-state index contributed by atoms with van der Waals surface area (Å²) >= 11 is 0. The Bertz CT molecular complexity index is 267. The fourth-order valence-electron chi connectivity index (χ4n) is 2.00. The van der Waals surface area contributed by atoms with E-state index < -0.39 is 0 Å². The second kappa shape index (κ2) is 5.96. The molecule has 0 amide bonds. The van der Waals surface area contributed by atoms with Gasteiger partial charge in [-0.2, -0.15) is 0 Å². The molecule has 0 aromatic carbocycles. The van der Waals surface area contributed by atoms with Gasteiger partial charge in [0.2, 0.25) is 0 Å². The van der Waals surface area contributed by atoms with E-state index in [2.05, 4.69) is 0 Å². The van der Waals surface area contributed by atoms with Crippen LogP contribution in [-0.2, 0) is 19.1 Å². The molecule has 1 aliphatic rings. The van der Waals surface area contributed by atoms with Crippen LogP contribution in [0.1, 0.15) is 20.3 Å².